The van der Waals surface area contributed by atoms with Crippen LogP contribution < -0.4 is 11.3 Å². The van der Waals surface area contributed by atoms with Crippen molar-refractivity contribution in [3.63, 3.8) is 0 Å². The zero-order chi connectivity index (χ0) is 12.6. The Morgan fingerprint density at radius 1 is 1.24 bits per heavy atom. The second kappa shape index (κ2) is 4.80. The van der Waals surface area contributed by atoms with E-state index in [0.29, 0.717) is 18.5 Å². The van der Waals surface area contributed by atoms with Gasteiger partial charge in [-0.15, -0.1) is 0 Å². The van der Waals surface area contributed by atoms with Gasteiger partial charge in [0.05, 0.1) is 7.14 Å². The van der Waals surface area contributed by atoms with Gasteiger partial charge in [0, 0.05) is 11.6 Å². The molecule has 1 aromatic carbocycles. The molecular weight excluding hydrogens is 448 g/mol. The van der Waals surface area contributed by atoms with E-state index >= 15 is 0 Å². The molecule has 88 valence electrons. The number of hydrogen-bond donors (Lipinski definition) is 3. The molecule has 17 heavy (non-hydrogen) atoms. The summed E-state index contributed by atoms with van der Waals surface area (Å²) in [4.78, 5) is 17.9. The van der Waals surface area contributed by atoms with Gasteiger partial charge in [-0.3, -0.25) is 4.79 Å². The summed E-state index contributed by atoms with van der Waals surface area (Å²) >= 11 is 4.03. The molecule has 0 radical (unpaired) electrons. The van der Waals surface area contributed by atoms with Crippen molar-refractivity contribution in [2.75, 3.05) is 5.73 Å². The Kier molecular flexibility index (Phi) is 3.56. The lowest BCUT2D eigenvalue weighted by atomic mass is 10.2. The van der Waals surface area contributed by atoms with Gasteiger partial charge in [0.25, 0.3) is 5.56 Å². The number of halogens is 2. The van der Waals surface area contributed by atoms with Crippen LogP contribution in [-0.2, 0) is 0 Å². The van der Waals surface area contributed by atoms with E-state index in [0.717, 1.165) is 0 Å². The average molecular weight is 455 g/mol. The van der Waals surface area contributed by atoms with Gasteiger partial charge in [-0.25, -0.2) is 4.98 Å². The second-order valence-corrected chi connectivity index (χ2v) is 5.63. The molecule has 0 aliphatic heterocycles. The van der Waals surface area contributed by atoms with Crippen LogP contribution in [0.3, 0.4) is 0 Å². The smallest absolute Gasteiger partial charge is 0.253 e. The molecule has 0 fully saturated rings. The van der Waals surface area contributed by atoms with Crippen molar-refractivity contribution in [1.29, 1.82) is 0 Å². The van der Waals surface area contributed by atoms with E-state index in [2.05, 4.69) is 9.97 Å². The van der Waals surface area contributed by atoms with Gasteiger partial charge in [0.15, 0.2) is 0 Å². The van der Waals surface area contributed by atoms with Crippen molar-refractivity contribution in [2.45, 2.75) is 0 Å². The first-order valence-corrected chi connectivity index (χ1v) is 6.68. The van der Waals surface area contributed by atoms with Crippen LogP contribution in [-0.4, -0.2) is 15.1 Å². The Morgan fingerprint density at radius 2 is 1.82 bits per heavy atom. The Labute approximate surface area is 124 Å². The van der Waals surface area contributed by atoms with Gasteiger partial charge < -0.3 is 15.8 Å². The lowest BCUT2D eigenvalue weighted by Gasteiger charge is -2.05. The number of phenols is 1. The Balaban J connectivity index is 2.64. The molecule has 0 aliphatic rings. The van der Waals surface area contributed by atoms with Crippen LogP contribution in [0.2, 0.25) is 0 Å². The number of rotatable bonds is 1. The minimum atomic E-state index is -0.300. The summed E-state index contributed by atoms with van der Waals surface area (Å²) in [6.45, 7) is 0. The maximum atomic E-state index is 11.3. The fourth-order valence-corrected chi connectivity index (χ4v) is 3.08. The average Bonchev–Trinajstić information content (AvgIpc) is 2.23. The van der Waals surface area contributed by atoms with Crippen LogP contribution in [0.5, 0.6) is 5.75 Å². The monoisotopic (exact) mass is 455 g/mol. The fourth-order valence-electron chi connectivity index (χ4n) is 1.32. The van der Waals surface area contributed by atoms with Crippen molar-refractivity contribution in [2.24, 2.45) is 0 Å². The quantitative estimate of drug-likeness (QED) is 0.574. The third-order valence-electron chi connectivity index (χ3n) is 2.05. The first-order valence-electron chi connectivity index (χ1n) is 4.52. The molecule has 0 atom stereocenters. The number of aromatic nitrogens is 2. The number of anilines is 1. The summed E-state index contributed by atoms with van der Waals surface area (Å²) in [6.07, 6.45) is 0. The highest BCUT2D eigenvalue weighted by Crippen LogP contribution is 2.30. The maximum absolute atomic E-state index is 11.3. The number of phenolic OH excluding ortho intramolecular Hbond substituents is 1. The number of benzene rings is 1. The van der Waals surface area contributed by atoms with Crippen LogP contribution in [0.4, 0.5) is 5.82 Å². The van der Waals surface area contributed by atoms with Crippen LogP contribution in [0.25, 0.3) is 11.4 Å². The molecule has 2 aromatic rings. The number of nitrogens with two attached hydrogens (primary N) is 1. The third kappa shape index (κ3) is 2.70. The molecule has 1 heterocycles. The van der Waals surface area contributed by atoms with Gasteiger partial charge in [0.1, 0.15) is 17.4 Å². The molecule has 0 spiro atoms. The Bertz CT molecular complexity index is 617. The summed E-state index contributed by atoms with van der Waals surface area (Å²) in [5, 5.41) is 9.65. The number of nitrogens with one attached hydrogen (secondary N) is 1. The van der Waals surface area contributed by atoms with E-state index in [1.54, 1.807) is 12.1 Å². The lowest BCUT2D eigenvalue weighted by Crippen LogP contribution is -2.09. The van der Waals surface area contributed by atoms with Crippen molar-refractivity contribution in [1.82, 2.24) is 9.97 Å². The van der Waals surface area contributed by atoms with Crippen molar-refractivity contribution >= 4 is 51.0 Å². The minimum Gasteiger partial charge on any atom is -0.506 e. The van der Waals surface area contributed by atoms with Gasteiger partial charge in [-0.2, -0.15) is 0 Å². The number of nitrogens with zero attached hydrogens (tertiary/aromatic N) is 1. The van der Waals surface area contributed by atoms with Gasteiger partial charge in [0.2, 0.25) is 0 Å². The van der Waals surface area contributed by atoms with Crippen LogP contribution >= 0.6 is 45.2 Å². The molecule has 0 aliphatic carbocycles. The van der Waals surface area contributed by atoms with E-state index in [1.165, 1.54) is 6.07 Å². The first kappa shape index (κ1) is 12.6. The Morgan fingerprint density at radius 3 is 2.35 bits per heavy atom. The number of aromatic amines is 1. The predicted octanol–water partition coefficient (Wildman–Crippen LogP) is 1.93. The fraction of sp³-hybridized carbons (Fsp3) is 0. The minimum absolute atomic E-state index is 0.168. The van der Waals surface area contributed by atoms with Crippen LogP contribution in [0.1, 0.15) is 0 Å². The molecule has 0 bridgehead atoms. The summed E-state index contributed by atoms with van der Waals surface area (Å²) < 4.78 is 1.38. The highest BCUT2D eigenvalue weighted by Gasteiger charge is 2.09. The topological polar surface area (TPSA) is 92.0 Å². The normalized spacial score (nSPS) is 10.5. The van der Waals surface area contributed by atoms with Crippen molar-refractivity contribution < 1.29 is 5.11 Å². The van der Waals surface area contributed by atoms with E-state index in [9.17, 15) is 9.90 Å². The standard InChI is InChI=1S/C10H7I2N3O2/c11-5-1-4(2-6(12)9(5)17)10-14-7(13)3-8(16)15-10/h1-3,17H,(H3,13,14,15,16). The summed E-state index contributed by atoms with van der Waals surface area (Å²) in [7, 11) is 0. The van der Waals surface area contributed by atoms with Crippen molar-refractivity contribution in [3.8, 4) is 17.1 Å². The van der Waals surface area contributed by atoms with E-state index in [4.69, 9.17) is 5.73 Å². The number of aromatic hydroxyl groups is 1. The largest absolute Gasteiger partial charge is 0.506 e. The summed E-state index contributed by atoms with van der Waals surface area (Å²) in [5.41, 5.74) is 5.93. The van der Waals surface area contributed by atoms with Crippen molar-refractivity contribution in [3.05, 3.63) is 35.7 Å². The molecule has 0 amide bonds. The number of H-pyrrole nitrogens is 1. The molecule has 0 unspecified atom stereocenters. The summed E-state index contributed by atoms with van der Waals surface area (Å²) in [6, 6.07) is 4.69. The number of hydrogen-bond acceptors (Lipinski definition) is 4. The molecule has 0 saturated heterocycles. The third-order valence-corrected chi connectivity index (χ3v) is 3.70. The van der Waals surface area contributed by atoms with E-state index < -0.39 is 0 Å². The van der Waals surface area contributed by atoms with E-state index in [-0.39, 0.29) is 17.1 Å². The zero-order valence-electron chi connectivity index (χ0n) is 8.37. The van der Waals surface area contributed by atoms with Crippen LogP contribution in [0.15, 0.2) is 23.0 Å². The highest BCUT2D eigenvalue weighted by molar-refractivity contribution is 14.1. The second-order valence-electron chi connectivity index (χ2n) is 3.31. The molecule has 7 heteroatoms. The molecule has 2 rings (SSSR count). The number of nitrogen functional groups attached to an aromatic ring is 1. The molecule has 4 N–H and O–H groups in total. The van der Waals surface area contributed by atoms with Gasteiger partial charge >= 0.3 is 0 Å². The molecule has 0 saturated carbocycles. The molecule has 5 nitrogen and oxygen atoms in total. The SMILES string of the molecule is Nc1cc(=O)[nH]c(-c2cc(I)c(O)c(I)c2)n1. The van der Waals surface area contributed by atoms with Crippen LogP contribution in [0, 0.1) is 7.14 Å². The molecule has 1 aromatic heterocycles. The van der Waals surface area contributed by atoms with E-state index in [1.807, 2.05) is 45.2 Å². The lowest BCUT2D eigenvalue weighted by molar-refractivity contribution is 0.467. The highest BCUT2D eigenvalue weighted by atomic mass is 127. The first-order chi connectivity index (χ1) is 7.97. The maximum Gasteiger partial charge on any atom is 0.253 e. The Hall–Kier alpha value is -0.840. The van der Waals surface area contributed by atoms with Gasteiger partial charge in [-0.1, -0.05) is 0 Å². The summed E-state index contributed by atoms with van der Waals surface area (Å²) in [5.74, 6) is 0.786. The zero-order valence-corrected chi connectivity index (χ0v) is 12.7. The van der Waals surface area contributed by atoms with Gasteiger partial charge in [-0.05, 0) is 57.3 Å². The molecular formula is C10H7I2N3O2. The predicted molar refractivity (Wildman–Crippen MR) is 81.8 cm³/mol.